The Labute approximate surface area is 170 Å². The van der Waals surface area contributed by atoms with Crippen LogP contribution in [0.25, 0.3) is 0 Å². The van der Waals surface area contributed by atoms with Gasteiger partial charge in [-0.1, -0.05) is 0 Å². The van der Waals surface area contributed by atoms with Gasteiger partial charge in [0, 0.05) is 39.0 Å². The molecule has 0 aliphatic carbocycles. The highest BCUT2D eigenvalue weighted by atomic mass is 16.7. The van der Waals surface area contributed by atoms with Crippen LogP contribution in [0.4, 0.5) is 0 Å². The molecule has 3 saturated heterocycles. The van der Waals surface area contributed by atoms with Crippen LogP contribution in [0.3, 0.4) is 0 Å². The van der Waals surface area contributed by atoms with E-state index in [9.17, 15) is 14.4 Å². The van der Waals surface area contributed by atoms with Crippen molar-refractivity contribution < 1.29 is 43.5 Å². The average Bonchev–Trinajstić information content (AvgIpc) is 3.22. The Bertz CT molecular complexity index is 513. The SMILES string of the molecule is COC(=O)C1CNCCC12OCCO2.COC(=O)C1CNCCC1=O.OCCO. The first kappa shape index (κ1) is 25.4. The van der Waals surface area contributed by atoms with Gasteiger partial charge in [-0.3, -0.25) is 14.4 Å². The number of aliphatic hydroxyl groups excluding tert-OH is 2. The Morgan fingerprint density at radius 2 is 1.62 bits per heavy atom. The summed E-state index contributed by atoms with van der Waals surface area (Å²) in [5.74, 6) is -2.35. The first-order valence-corrected chi connectivity index (χ1v) is 9.55. The lowest BCUT2D eigenvalue weighted by Crippen LogP contribution is -2.54. The van der Waals surface area contributed by atoms with Crippen LogP contribution in [-0.4, -0.2) is 101 Å². The fraction of sp³-hybridized carbons (Fsp3) is 0.833. The standard InChI is InChI=1S/C9H15NO4.C7H11NO3.C2H6O2/c1-12-8(11)7-6-10-3-2-9(7)13-4-5-14-9;1-11-7(10)5-4-8-3-2-6(5)9;3-1-2-4/h7,10H,2-6H2,1H3;5,8H,2-4H2,1H3;3-4H,1-2H2. The number of aliphatic hydroxyl groups is 2. The van der Waals surface area contributed by atoms with E-state index in [4.69, 9.17) is 24.4 Å². The molecule has 29 heavy (non-hydrogen) atoms. The molecule has 168 valence electrons. The summed E-state index contributed by atoms with van der Waals surface area (Å²) >= 11 is 0. The van der Waals surface area contributed by atoms with Crippen molar-refractivity contribution in [3.05, 3.63) is 0 Å². The lowest BCUT2D eigenvalue weighted by Gasteiger charge is -2.37. The molecule has 3 aliphatic heterocycles. The molecule has 11 heteroatoms. The molecule has 0 aromatic rings. The maximum atomic E-state index is 11.5. The minimum absolute atomic E-state index is 0.0180. The minimum atomic E-state index is -0.724. The van der Waals surface area contributed by atoms with Crippen molar-refractivity contribution in [3.63, 3.8) is 0 Å². The van der Waals surface area contributed by atoms with E-state index in [1.165, 1.54) is 14.2 Å². The van der Waals surface area contributed by atoms with E-state index in [0.29, 0.717) is 45.7 Å². The van der Waals surface area contributed by atoms with Gasteiger partial charge in [-0.2, -0.15) is 0 Å². The molecule has 0 aromatic heterocycles. The third-order valence-electron chi connectivity index (χ3n) is 4.66. The number of hydrogen-bond acceptors (Lipinski definition) is 11. The maximum absolute atomic E-state index is 11.5. The Balaban J connectivity index is 0.000000251. The van der Waals surface area contributed by atoms with Crippen LogP contribution in [-0.2, 0) is 33.3 Å². The second kappa shape index (κ2) is 13.6. The van der Waals surface area contributed by atoms with Crippen molar-refractivity contribution in [2.75, 3.05) is 66.8 Å². The number of hydrogen-bond donors (Lipinski definition) is 4. The van der Waals surface area contributed by atoms with Gasteiger partial charge in [0.2, 0.25) is 0 Å². The molecule has 0 saturated carbocycles. The van der Waals surface area contributed by atoms with E-state index in [1.807, 2.05) is 0 Å². The van der Waals surface area contributed by atoms with E-state index in [1.54, 1.807) is 0 Å². The third-order valence-corrected chi connectivity index (χ3v) is 4.66. The van der Waals surface area contributed by atoms with Crippen LogP contribution < -0.4 is 10.6 Å². The van der Waals surface area contributed by atoms with Gasteiger partial charge < -0.3 is 39.8 Å². The van der Waals surface area contributed by atoms with Crippen LogP contribution in [0.2, 0.25) is 0 Å². The third kappa shape index (κ3) is 7.61. The molecule has 3 aliphatic rings. The normalized spacial score (nSPS) is 25.2. The zero-order chi connectivity index (χ0) is 21.7. The lowest BCUT2D eigenvalue weighted by molar-refractivity contribution is -0.216. The highest BCUT2D eigenvalue weighted by Gasteiger charge is 2.50. The summed E-state index contributed by atoms with van der Waals surface area (Å²) in [4.78, 5) is 33.5. The van der Waals surface area contributed by atoms with Gasteiger partial charge in [-0.05, 0) is 0 Å². The van der Waals surface area contributed by atoms with Crippen molar-refractivity contribution in [1.29, 1.82) is 0 Å². The van der Waals surface area contributed by atoms with Gasteiger partial charge in [0.1, 0.15) is 17.6 Å². The molecule has 2 unspecified atom stereocenters. The zero-order valence-corrected chi connectivity index (χ0v) is 17.0. The van der Waals surface area contributed by atoms with E-state index in [0.717, 1.165) is 6.54 Å². The second-order valence-corrected chi connectivity index (χ2v) is 6.48. The van der Waals surface area contributed by atoms with Crippen molar-refractivity contribution >= 4 is 17.7 Å². The predicted molar refractivity (Wildman–Crippen MR) is 99.8 cm³/mol. The summed E-state index contributed by atoms with van der Waals surface area (Å²) in [6.07, 6.45) is 1.13. The van der Waals surface area contributed by atoms with Gasteiger partial charge in [0.15, 0.2) is 5.79 Å². The maximum Gasteiger partial charge on any atom is 0.317 e. The van der Waals surface area contributed by atoms with E-state index in [-0.39, 0.29) is 30.9 Å². The summed E-state index contributed by atoms with van der Waals surface area (Å²) in [5, 5.41) is 21.3. The summed E-state index contributed by atoms with van der Waals surface area (Å²) in [5.41, 5.74) is 0. The number of nitrogens with one attached hydrogen (secondary N) is 2. The topological polar surface area (TPSA) is 153 Å². The second-order valence-electron chi connectivity index (χ2n) is 6.48. The molecular weight excluding hydrogens is 388 g/mol. The highest BCUT2D eigenvalue weighted by Crippen LogP contribution is 2.34. The number of rotatable bonds is 3. The number of esters is 2. The van der Waals surface area contributed by atoms with Crippen LogP contribution in [0.15, 0.2) is 0 Å². The highest BCUT2D eigenvalue weighted by molar-refractivity contribution is 5.99. The number of piperidine rings is 2. The molecule has 11 nitrogen and oxygen atoms in total. The van der Waals surface area contributed by atoms with Crippen molar-refractivity contribution in [2.24, 2.45) is 11.8 Å². The predicted octanol–water partition coefficient (Wildman–Crippen LogP) is -2.18. The van der Waals surface area contributed by atoms with E-state index in [2.05, 4.69) is 15.4 Å². The molecule has 3 heterocycles. The minimum Gasteiger partial charge on any atom is -0.469 e. The van der Waals surface area contributed by atoms with Crippen molar-refractivity contribution in [3.8, 4) is 0 Å². The fourth-order valence-corrected chi connectivity index (χ4v) is 3.16. The molecule has 3 fully saturated rings. The fourth-order valence-electron chi connectivity index (χ4n) is 3.16. The van der Waals surface area contributed by atoms with Gasteiger partial charge in [0.25, 0.3) is 0 Å². The summed E-state index contributed by atoms with van der Waals surface area (Å²) in [6.45, 7) is 3.35. The quantitative estimate of drug-likeness (QED) is 0.291. The molecule has 4 N–H and O–H groups in total. The summed E-state index contributed by atoms with van der Waals surface area (Å²) in [6, 6.07) is 0. The molecule has 3 rings (SSSR count). The van der Waals surface area contributed by atoms with Gasteiger partial charge >= 0.3 is 11.9 Å². The van der Waals surface area contributed by atoms with E-state index >= 15 is 0 Å². The number of Topliss-reactive ketones (excluding diaryl/α,β-unsaturated/α-hetero) is 1. The van der Waals surface area contributed by atoms with Crippen molar-refractivity contribution in [2.45, 2.75) is 18.6 Å². The largest absolute Gasteiger partial charge is 0.469 e. The number of carbonyl (C=O) groups is 3. The number of ketones is 1. The Morgan fingerprint density at radius 3 is 2.14 bits per heavy atom. The first-order valence-electron chi connectivity index (χ1n) is 9.55. The average molecular weight is 420 g/mol. The molecule has 0 radical (unpaired) electrons. The van der Waals surface area contributed by atoms with Crippen molar-refractivity contribution in [1.82, 2.24) is 10.6 Å². The monoisotopic (exact) mass is 420 g/mol. The van der Waals surface area contributed by atoms with E-state index < -0.39 is 17.7 Å². The first-order chi connectivity index (χ1) is 14.0. The molecule has 1 spiro atoms. The summed E-state index contributed by atoms with van der Waals surface area (Å²) in [7, 11) is 2.68. The lowest BCUT2D eigenvalue weighted by atomic mass is 9.92. The number of carbonyl (C=O) groups excluding carboxylic acids is 3. The van der Waals surface area contributed by atoms with Crippen LogP contribution in [0.5, 0.6) is 0 Å². The molecule has 0 aromatic carbocycles. The number of methoxy groups -OCH3 is 2. The van der Waals surface area contributed by atoms with Crippen LogP contribution in [0.1, 0.15) is 12.8 Å². The van der Waals surface area contributed by atoms with Gasteiger partial charge in [-0.25, -0.2) is 0 Å². The molecule has 2 atom stereocenters. The van der Waals surface area contributed by atoms with Crippen LogP contribution in [0, 0.1) is 11.8 Å². The Morgan fingerprint density at radius 1 is 1.03 bits per heavy atom. The number of ether oxygens (including phenoxy) is 4. The van der Waals surface area contributed by atoms with Gasteiger partial charge in [0.05, 0.1) is 40.6 Å². The molecular formula is C18H32N2O9. The Hall–Kier alpha value is -1.63. The zero-order valence-electron chi connectivity index (χ0n) is 17.0. The van der Waals surface area contributed by atoms with Gasteiger partial charge in [-0.15, -0.1) is 0 Å². The smallest absolute Gasteiger partial charge is 0.317 e. The van der Waals surface area contributed by atoms with Crippen LogP contribution >= 0.6 is 0 Å². The molecule has 0 bridgehead atoms. The molecule has 0 amide bonds. The summed E-state index contributed by atoms with van der Waals surface area (Å²) < 4.78 is 20.3. The Kier molecular flexibility index (Phi) is 11.9.